The van der Waals surface area contributed by atoms with Crippen molar-refractivity contribution in [1.29, 1.82) is 0 Å². The number of benzene rings is 1. The monoisotopic (exact) mass is 506 g/mol. The highest BCUT2D eigenvalue weighted by molar-refractivity contribution is 5.95. The molecule has 1 amide bonds. The van der Waals surface area contributed by atoms with E-state index in [1.807, 2.05) is 0 Å². The maximum absolute atomic E-state index is 13.2. The zero-order valence-electron chi connectivity index (χ0n) is 20.5. The van der Waals surface area contributed by atoms with Crippen molar-refractivity contribution in [2.45, 2.75) is 43.9 Å². The fourth-order valence-corrected chi connectivity index (χ4v) is 5.14. The van der Waals surface area contributed by atoms with Crippen molar-refractivity contribution in [3.05, 3.63) is 35.7 Å². The molecule has 0 radical (unpaired) electrons. The summed E-state index contributed by atoms with van der Waals surface area (Å²) in [6.07, 6.45) is 1.75. The standard InChI is InChI=1S/C25H33F3N6O2/c1-29-23(35)17-6-7-20(21(11-17)36-2)31-10-3-5-19-12-22(33-34(19)16-25(26,27)28)32-18-13-24(14-18)8-4-9-30-15-24/h6-7,11-12,18-19,30-33H,4,8-10,13-16H2,1-2H3,(H,29,35). The first kappa shape index (κ1) is 26.0. The third kappa shape index (κ3) is 6.36. The van der Waals surface area contributed by atoms with E-state index in [1.165, 1.54) is 20.0 Å². The van der Waals surface area contributed by atoms with E-state index in [4.69, 9.17) is 4.74 Å². The van der Waals surface area contributed by atoms with E-state index in [0.29, 0.717) is 28.2 Å². The number of nitrogens with zero attached hydrogens (tertiary/aromatic N) is 1. The number of carbonyl (C=O) groups is 1. The molecule has 1 saturated carbocycles. The highest BCUT2D eigenvalue weighted by Gasteiger charge is 2.45. The van der Waals surface area contributed by atoms with Gasteiger partial charge in [0.05, 0.1) is 19.3 Å². The van der Waals surface area contributed by atoms with Gasteiger partial charge in [-0.25, -0.2) is 0 Å². The molecule has 3 aliphatic rings. The van der Waals surface area contributed by atoms with Gasteiger partial charge in [-0.15, -0.1) is 0 Å². The molecule has 1 aromatic rings. The summed E-state index contributed by atoms with van der Waals surface area (Å²) in [6, 6.07) is 4.48. The number of rotatable bonds is 7. The third-order valence-corrected chi connectivity index (χ3v) is 6.86. The third-order valence-electron chi connectivity index (χ3n) is 6.86. The van der Waals surface area contributed by atoms with Crippen LogP contribution in [-0.4, -0.2) is 69.5 Å². The van der Waals surface area contributed by atoms with Crippen LogP contribution in [0.5, 0.6) is 5.75 Å². The van der Waals surface area contributed by atoms with Crippen LogP contribution in [0.3, 0.4) is 0 Å². The number of hydrogen-bond acceptors (Lipinski definition) is 7. The number of ether oxygens (including phenoxy) is 1. The fraction of sp³-hybridized carbons (Fsp3) is 0.560. The van der Waals surface area contributed by atoms with Gasteiger partial charge < -0.3 is 31.4 Å². The van der Waals surface area contributed by atoms with Crippen LogP contribution in [-0.2, 0) is 0 Å². The van der Waals surface area contributed by atoms with Crippen LogP contribution in [0.4, 0.5) is 18.9 Å². The average Bonchev–Trinajstić information content (AvgIpc) is 3.20. The first-order valence-electron chi connectivity index (χ1n) is 12.1. The number of piperidine rings is 1. The van der Waals surface area contributed by atoms with Gasteiger partial charge in [-0.1, -0.05) is 11.8 Å². The number of nitrogens with one attached hydrogen (secondary N) is 5. The van der Waals surface area contributed by atoms with E-state index in [9.17, 15) is 18.0 Å². The second-order valence-corrected chi connectivity index (χ2v) is 9.58. The number of carbonyl (C=O) groups excluding carboxylic acids is 1. The molecule has 1 unspecified atom stereocenters. The smallest absolute Gasteiger partial charge is 0.403 e. The van der Waals surface area contributed by atoms with E-state index in [2.05, 4.69) is 38.5 Å². The Labute approximate surface area is 209 Å². The zero-order valence-corrected chi connectivity index (χ0v) is 20.5. The topological polar surface area (TPSA) is 89.7 Å². The summed E-state index contributed by atoms with van der Waals surface area (Å²) in [5.41, 5.74) is 4.26. The van der Waals surface area contributed by atoms with Crippen LogP contribution in [0.2, 0.25) is 0 Å². The molecule has 4 rings (SSSR count). The van der Waals surface area contributed by atoms with Crippen LogP contribution in [0.25, 0.3) is 0 Å². The molecule has 2 aliphatic heterocycles. The van der Waals surface area contributed by atoms with E-state index >= 15 is 0 Å². The Bertz CT molecular complexity index is 1030. The number of halogens is 3. The molecular formula is C25H33F3N6O2. The first-order valence-corrected chi connectivity index (χ1v) is 12.1. The van der Waals surface area contributed by atoms with Crippen molar-refractivity contribution in [1.82, 2.24) is 26.4 Å². The van der Waals surface area contributed by atoms with Gasteiger partial charge in [-0.2, -0.15) is 18.2 Å². The Hall–Kier alpha value is -3.10. The molecule has 5 N–H and O–H groups in total. The minimum atomic E-state index is -4.36. The minimum absolute atomic E-state index is 0.195. The predicted octanol–water partition coefficient (Wildman–Crippen LogP) is 2.18. The second-order valence-electron chi connectivity index (χ2n) is 9.58. The maximum atomic E-state index is 13.2. The van der Waals surface area contributed by atoms with Crippen molar-refractivity contribution < 1.29 is 22.7 Å². The van der Waals surface area contributed by atoms with Crippen molar-refractivity contribution in [2.24, 2.45) is 5.41 Å². The van der Waals surface area contributed by atoms with Gasteiger partial charge in [0.1, 0.15) is 24.2 Å². The molecule has 2 fully saturated rings. The maximum Gasteiger partial charge on any atom is 0.403 e. The summed E-state index contributed by atoms with van der Waals surface area (Å²) in [4.78, 5) is 11.8. The summed E-state index contributed by atoms with van der Waals surface area (Å²) in [7, 11) is 3.04. The number of alkyl halides is 3. The Kier molecular flexibility index (Phi) is 7.85. The van der Waals surface area contributed by atoms with Crippen molar-refractivity contribution in [3.63, 3.8) is 0 Å². The minimum Gasteiger partial charge on any atom is -0.495 e. The predicted molar refractivity (Wildman–Crippen MR) is 131 cm³/mol. The average molecular weight is 507 g/mol. The number of amides is 1. The lowest BCUT2D eigenvalue weighted by Gasteiger charge is -2.50. The molecule has 11 heteroatoms. The number of methoxy groups -OCH3 is 1. The summed E-state index contributed by atoms with van der Waals surface area (Å²) < 4.78 is 44.8. The molecule has 1 atom stereocenters. The molecule has 1 spiro atoms. The number of anilines is 1. The van der Waals surface area contributed by atoms with Crippen LogP contribution in [0, 0.1) is 17.3 Å². The highest BCUT2D eigenvalue weighted by atomic mass is 19.4. The molecular weight excluding hydrogens is 473 g/mol. The summed E-state index contributed by atoms with van der Waals surface area (Å²) in [6.45, 7) is 1.15. The molecule has 1 aromatic carbocycles. The highest BCUT2D eigenvalue weighted by Crippen LogP contribution is 2.46. The Morgan fingerprint density at radius 1 is 1.33 bits per heavy atom. The van der Waals surface area contributed by atoms with Gasteiger partial charge in [-0.3, -0.25) is 4.79 Å². The second kappa shape index (κ2) is 10.9. The van der Waals surface area contributed by atoms with Gasteiger partial charge in [-0.05, 0) is 61.9 Å². The van der Waals surface area contributed by atoms with Crippen LogP contribution in [0.15, 0.2) is 30.1 Å². The molecule has 0 bridgehead atoms. The van der Waals surface area contributed by atoms with Crippen LogP contribution >= 0.6 is 0 Å². The zero-order chi connectivity index (χ0) is 25.8. The molecule has 0 aromatic heterocycles. The lowest BCUT2D eigenvalue weighted by molar-refractivity contribution is -0.151. The van der Waals surface area contributed by atoms with Gasteiger partial charge in [0, 0.05) is 25.2 Å². The van der Waals surface area contributed by atoms with E-state index < -0.39 is 18.8 Å². The van der Waals surface area contributed by atoms with Crippen molar-refractivity contribution in [3.8, 4) is 17.6 Å². The molecule has 1 saturated heterocycles. The van der Waals surface area contributed by atoms with E-state index in [1.54, 1.807) is 31.3 Å². The van der Waals surface area contributed by atoms with Gasteiger partial charge >= 0.3 is 6.18 Å². The van der Waals surface area contributed by atoms with Crippen LogP contribution < -0.4 is 31.4 Å². The lowest BCUT2D eigenvalue weighted by atomic mass is 9.62. The van der Waals surface area contributed by atoms with Gasteiger partial charge in [0.15, 0.2) is 0 Å². The Morgan fingerprint density at radius 2 is 2.14 bits per heavy atom. The van der Waals surface area contributed by atoms with Gasteiger partial charge in [0.25, 0.3) is 5.91 Å². The molecule has 8 nitrogen and oxygen atoms in total. The normalized spacial score (nSPS) is 25.6. The number of hydrazine groups is 1. The fourth-order valence-electron chi connectivity index (χ4n) is 5.14. The SMILES string of the molecule is CNC(=O)c1ccc(NCC#CC2C=C(NC3CC4(CCCNC4)C3)NN2CC(F)(F)F)c(OC)c1. The quantitative estimate of drug-likeness (QED) is 0.363. The van der Waals surface area contributed by atoms with E-state index in [-0.39, 0.29) is 18.5 Å². The molecule has 2 heterocycles. The molecule has 196 valence electrons. The molecule has 36 heavy (non-hydrogen) atoms. The number of hydrogen-bond donors (Lipinski definition) is 5. The largest absolute Gasteiger partial charge is 0.495 e. The summed E-state index contributed by atoms with van der Waals surface area (Å²) >= 11 is 0. The van der Waals surface area contributed by atoms with Crippen molar-refractivity contribution >= 4 is 11.6 Å². The summed E-state index contributed by atoms with van der Waals surface area (Å²) in [5.74, 6) is 6.64. The van der Waals surface area contributed by atoms with Crippen LogP contribution in [0.1, 0.15) is 36.0 Å². The lowest BCUT2D eigenvalue weighted by Crippen LogP contribution is -2.56. The first-order chi connectivity index (χ1) is 17.2. The van der Waals surface area contributed by atoms with Crippen molar-refractivity contribution in [2.75, 3.05) is 45.7 Å². The molecule has 1 aliphatic carbocycles. The van der Waals surface area contributed by atoms with E-state index in [0.717, 1.165) is 30.9 Å². The summed E-state index contributed by atoms with van der Waals surface area (Å²) in [5, 5.41) is 13.6. The Morgan fingerprint density at radius 3 is 2.81 bits per heavy atom. The Balaban J connectivity index is 1.36. The van der Waals surface area contributed by atoms with Gasteiger partial charge in [0.2, 0.25) is 0 Å².